The molecule has 29 heavy (non-hydrogen) atoms. The van der Waals surface area contributed by atoms with Crippen molar-refractivity contribution >= 4 is 23.7 Å². The number of hydrogen-bond acceptors (Lipinski definition) is 4. The van der Waals surface area contributed by atoms with Gasteiger partial charge in [-0.05, 0) is 51.3 Å². The Balaban J connectivity index is 1.87. The lowest BCUT2D eigenvalue weighted by molar-refractivity contribution is 0.0514. The molecule has 0 saturated carbocycles. The summed E-state index contributed by atoms with van der Waals surface area (Å²) in [5.74, 6) is 0.684. The van der Waals surface area contributed by atoms with Crippen molar-refractivity contribution in [3.63, 3.8) is 0 Å². The number of rotatable bonds is 6. The van der Waals surface area contributed by atoms with Crippen molar-refractivity contribution in [2.24, 2.45) is 4.99 Å². The van der Waals surface area contributed by atoms with Crippen LogP contribution in [-0.2, 0) is 14.9 Å². The highest BCUT2D eigenvalue weighted by atomic mass is 35.5. The number of hydrogen-bond donors (Lipinski definition) is 3. The van der Waals surface area contributed by atoms with E-state index in [1.807, 2.05) is 39.0 Å². The van der Waals surface area contributed by atoms with Crippen LogP contribution in [0.4, 0.5) is 4.79 Å². The van der Waals surface area contributed by atoms with Gasteiger partial charge in [0, 0.05) is 50.3 Å². The largest absolute Gasteiger partial charge is 0.444 e. The van der Waals surface area contributed by atoms with Crippen LogP contribution in [0.2, 0.25) is 5.02 Å². The number of nitrogens with one attached hydrogen (secondary N) is 3. The highest BCUT2D eigenvalue weighted by Crippen LogP contribution is 2.35. The molecule has 1 amide bonds. The number of nitrogens with zero attached hydrogens (tertiary/aromatic N) is 1. The predicted octanol–water partition coefficient (Wildman–Crippen LogP) is 3.08. The highest BCUT2D eigenvalue weighted by Gasteiger charge is 2.34. The van der Waals surface area contributed by atoms with Gasteiger partial charge in [-0.2, -0.15) is 0 Å². The van der Waals surface area contributed by atoms with Crippen LogP contribution in [0, 0.1) is 0 Å². The molecule has 1 aromatic carbocycles. The van der Waals surface area contributed by atoms with Crippen LogP contribution in [0.1, 0.15) is 39.2 Å². The summed E-state index contributed by atoms with van der Waals surface area (Å²) in [7, 11) is 1.73. The molecule has 0 aliphatic carbocycles. The van der Waals surface area contributed by atoms with E-state index in [1.165, 1.54) is 5.56 Å². The number of carbonyl (C=O) groups is 1. The Kier molecular flexibility index (Phi) is 8.59. The first-order valence-corrected chi connectivity index (χ1v) is 10.4. The first-order valence-electron chi connectivity index (χ1n) is 9.99. The van der Waals surface area contributed by atoms with E-state index < -0.39 is 11.7 Å². The average Bonchev–Trinajstić information content (AvgIpc) is 2.67. The van der Waals surface area contributed by atoms with Gasteiger partial charge in [0.15, 0.2) is 5.96 Å². The zero-order valence-electron chi connectivity index (χ0n) is 17.8. The van der Waals surface area contributed by atoms with E-state index in [4.69, 9.17) is 21.1 Å². The maximum atomic E-state index is 11.7. The second kappa shape index (κ2) is 10.7. The fraction of sp³-hybridized carbons (Fsp3) is 0.619. The third kappa shape index (κ3) is 7.74. The van der Waals surface area contributed by atoms with E-state index in [1.54, 1.807) is 7.05 Å². The van der Waals surface area contributed by atoms with Gasteiger partial charge in [-0.15, -0.1) is 0 Å². The van der Waals surface area contributed by atoms with E-state index in [9.17, 15) is 4.79 Å². The third-order valence-corrected chi connectivity index (χ3v) is 5.03. The molecule has 0 spiro atoms. The molecule has 1 saturated heterocycles. The Morgan fingerprint density at radius 1 is 1.21 bits per heavy atom. The van der Waals surface area contributed by atoms with Crippen molar-refractivity contribution in [3.05, 3.63) is 34.9 Å². The highest BCUT2D eigenvalue weighted by molar-refractivity contribution is 6.30. The third-order valence-electron chi connectivity index (χ3n) is 4.79. The van der Waals surface area contributed by atoms with E-state index in [2.05, 4.69) is 27.0 Å². The summed E-state index contributed by atoms with van der Waals surface area (Å²) in [5.41, 5.74) is 0.645. The van der Waals surface area contributed by atoms with Crippen LogP contribution < -0.4 is 16.0 Å². The summed E-state index contributed by atoms with van der Waals surface area (Å²) >= 11 is 6.23. The minimum absolute atomic E-state index is 0.0600. The van der Waals surface area contributed by atoms with E-state index in [0.29, 0.717) is 19.0 Å². The van der Waals surface area contributed by atoms with Crippen LogP contribution >= 0.6 is 11.6 Å². The lowest BCUT2D eigenvalue weighted by Gasteiger charge is -2.38. The van der Waals surface area contributed by atoms with Gasteiger partial charge >= 0.3 is 6.09 Å². The molecule has 3 N–H and O–H groups in total. The normalized spacial score (nSPS) is 16.8. The van der Waals surface area contributed by atoms with Gasteiger partial charge in [0.2, 0.25) is 0 Å². The molecule has 2 rings (SSSR count). The van der Waals surface area contributed by atoms with Crippen molar-refractivity contribution in [2.75, 3.05) is 39.9 Å². The van der Waals surface area contributed by atoms with E-state index in [-0.39, 0.29) is 5.41 Å². The number of alkyl carbamates (subject to hydrolysis) is 1. The van der Waals surface area contributed by atoms with Gasteiger partial charge in [-0.1, -0.05) is 23.7 Å². The molecule has 1 aliphatic rings. The number of amides is 1. The van der Waals surface area contributed by atoms with Gasteiger partial charge in [-0.25, -0.2) is 4.79 Å². The molecule has 1 fully saturated rings. The second-order valence-electron chi connectivity index (χ2n) is 8.18. The number of ether oxygens (including phenoxy) is 2. The van der Waals surface area contributed by atoms with Crippen molar-refractivity contribution < 1.29 is 14.3 Å². The molecule has 8 heteroatoms. The van der Waals surface area contributed by atoms with Crippen LogP contribution in [0.3, 0.4) is 0 Å². The van der Waals surface area contributed by atoms with Crippen molar-refractivity contribution in [1.29, 1.82) is 0 Å². The predicted molar refractivity (Wildman–Crippen MR) is 117 cm³/mol. The van der Waals surface area contributed by atoms with Gasteiger partial charge in [0.05, 0.1) is 0 Å². The average molecular weight is 425 g/mol. The molecule has 1 aliphatic heterocycles. The fourth-order valence-electron chi connectivity index (χ4n) is 3.28. The van der Waals surface area contributed by atoms with Gasteiger partial charge in [0.1, 0.15) is 5.60 Å². The van der Waals surface area contributed by atoms with Crippen molar-refractivity contribution in [3.8, 4) is 0 Å². The Morgan fingerprint density at radius 3 is 2.52 bits per heavy atom. The zero-order chi connectivity index (χ0) is 21.3. The minimum atomic E-state index is -0.506. The molecule has 0 atom stereocenters. The lowest BCUT2D eigenvalue weighted by Crippen LogP contribution is -2.49. The summed E-state index contributed by atoms with van der Waals surface area (Å²) in [4.78, 5) is 16.0. The molecule has 1 heterocycles. The number of guanidine groups is 1. The molecule has 0 radical (unpaired) electrons. The van der Waals surface area contributed by atoms with Gasteiger partial charge in [-0.3, -0.25) is 4.99 Å². The monoisotopic (exact) mass is 424 g/mol. The number of carbonyl (C=O) groups excluding carboxylic acids is 1. The molecule has 1 aromatic rings. The summed E-state index contributed by atoms with van der Waals surface area (Å²) < 4.78 is 10.8. The first-order chi connectivity index (χ1) is 13.7. The van der Waals surface area contributed by atoms with Crippen LogP contribution in [0.5, 0.6) is 0 Å². The fourth-order valence-corrected chi connectivity index (χ4v) is 3.47. The summed E-state index contributed by atoms with van der Waals surface area (Å²) in [5, 5.41) is 10.1. The smallest absolute Gasteiger partial charge is 0.407 e. The standard InChI is InChI=1S/C21H33ClN4O3/c1-20(2,3)29-19(27)25-11-10-24-18(23-4)26-15-21(8-12-28-13-9-21)16-6-5-7-17(22)14-16/h5-7,14H,8-13,15H2,1-4H3,(H,25,27)(H2,23,24,26). The van der Waals surface area contributed by atoms with Crippen molar-refractivity contribution in [1.82, 2.24) is 16.0 Å². The quantitative estimate of drug-likeness (QED) is 0.371. The van der Waals surface area contributed by atoms with Crippen LogP contribution in [0.15, 0.2) is 29.3 Å². The SMILES string of the molecule is CN=C(NCCNC(=O)OC(C)(C)C)NCC1(c2cccc(Cl)c2)CCOCC1. The number of aliphatic imine (C=N–C) groups is 1. The lowest BCUT2D eigenvalue weighted by atomic mass is 9.74. The maximum Gasteiger partial charge on any atom is 0.407 e. The molecular weight excluding hydrogens is 392 g/mol. The van der Waals surface area contributed by atoms with Crippen LogP contribution in [-0.4, -0.2) is 57.5 Å². The first kappa shape index (κ1) is 23.3. The zero-order valence-corrected chi connectivity index (χ0v) is 18.6. The van der Waals surface area contributed by atoms with E-state index in [0.717, 1.165) is 37.6 Å². The van der Waals surface area contributed by atoms with Gasteiger partial charge < -0.3 is 25.4 Å². The molecule has 0 bridgehead atoms. The maximum absolute atomic E-state index is 11.7. The molecule has 162 valence electrons. The number of benzene rings is 1. The minimum Gasteiger partial charge on any atom is -0.444 e. The summed E-state index contributed by atoms with van der Waals surface area (Å²) in [6.45, 7) is 8.64. The Labute approximate surface area is 178 Å². The second-order valence-corrected chi connectivity index (χ2v) is 8.62. The Hall–Kier alpha value is -1.99. The summed E-state index contributed by atoms with van der Waals surface area (Å²) in [6.07, 6.45) is 1.40. The Bertz CT molecular complexity index is 697. The number of halogens is 1. The van der Waals surface area contributed by atoms with Crippen molar-refractivity contribution in [2.45, 2.75) is 44.6 Å². The Morgan fingerprint density at radius 2 is 1.90 bits per heavy atom. The van der Waals surface area contributed by atoms with Crippen LogP contribution in [0.25, 0.3) is 0 Å². The molecule has 0 aromatic heterocycles. The molecule has 7 nitrogen and oxygen atoms in total. The summed E-state index contributed by atoms with van der Waals surface area (Å²) in [6, 6.07) is 8.04. The van der Waals surface area contributed by atoms with E-state index >= 15 is 0 Å². The van der Waals surface area contributed by atoms with Gasteiger partial charge in [0.25, 0.3) is 0 Å². The topological polar surface area (TPSA) is 84.0 Å². The molecular formula is C21H33ClN4O3. The molecule has 0 unspecified atom stereocenters.